The number of nitrogens with one attached hydrogen (secondary N) is 2. The Bertz CT molecular complexity index is 636. The van der Waals surface area contributed by atoms with Gasteiger partial charge in [0, 0.05) is 44.5 Å². The van der Waals surface area contributed by atoms with E-state index >= 15 is 0 Å². The number of hydrogen-bond donors (Lipinski definition) is 2. The number of rotatable bonds is 8. The van der Waals surface area contributed by atoms with Crippen LogP contribution in [0.25, 0.3) is 0 Å². The fourth-order valence-electron chi connectivity index (χ4n) is 3.70. The van der Waals surface area contributed by atoms with Gasteiger partial charge in [0.2, 0.25) is 0 Å². The predicted molar refractivity (Wildman–Crippen MR) is 130 cm³/mol. The Balaban J connectivity index is 0.00000300. The standard InChI is InChI=1S/C19H35N7OS.HI/c1-4-28-17-6-5-16(13-17)22-19(20-7-8-26-9-11-27-12-10-26)21-14-18-24-23-15(2)25(18)3;/h16-17H,4-14H2,1-3H3,(H2,20,21,22);1H. The summed E-state index contributed by atoms with van der Waals surface area (Å²) in [5.41, 5.74) is 0. The molecule has 1 aromatic rings. The Morgan fingerprint density at radius 1 is 1.28 bits per heavy atom. The smallest absolute Gasteiger partial charge is 0.191 e. The van der Waals surface area contributed by atoms with Gasteiger partial charge < -0.3 is 19.9 Å². The van der Waals surface area contributed by atoms with E-state index in [-0.39, 0.29) is 24.0 Å². The average Bonchev–Trinajstić information content (AvgIpc) is 3.28. The molecule has 3 rings (SSSR count). The zero-order chi connectivity index (χ0) is 19.8. The monoisotopic (exact) mass is 537 g/mol. The lowest BCUT2D eigenvalue weighted by atomic mass is 10.2. The maximum Gasteiger partial charge on any atom is 0.191 e. The second-order valence-corrected chi connectivity index (χ2v) is 9.08. The summed E-state index contributed by atoms with van der Waals surface area (Å²) in [5.74, 6) is 3.88. The first-order chi connectivity index (χ1) is 13.7. The second-order valence-electron chi connectivity index (χ2n) is 7.50. The van der Waals surface area contributed by atoms with Gasteiger partial charge in [0.05, 0.1) is 13.2 Å². The van der Waals surface area contributed by atoms with Gasteiger partial charge in [-0.15, -0.1) is 34.2 Å². The van der Waals surface area contributed by atoms with Gasteiger partial charge in [-0.3, -0.25) is 4.90 Å². The Morgan fingerprint density at radius 2 is 2.07 bits per heavy atom. The molecular weight excluding hydrogens is 501 g/mol. The van der Waals surface area contributed by atoms with Crippen LogP contribution in [0.3, 0.4) is 0 Å². The zero-order valence-electron chi connectivity index (χ0n) is 17.9. The van der Waals surface area contributed by atoms with Crippen molar-refractivity contribution in [3.63, 3.8) is 0 Å². The molecule has 0 spiro atoms. The van der Waals surface area contributed by atoms with E-state index in [9.17, 15) is 0 Å². The van der Waals surface area contributed by atoms with Gasteiger partial charge in [0.1, 0.15) is 12.4 Å². The van der Waals surface area contributed by atoms with Gasteiger partial charge in [-0.05, 0) is 31.9 Å². The van der Waals surface area contributed by atoms with Crippen LogP contribution in [-0.2, 0) is 18.3 Å². The number of nitrogens with zero attached hydrogens (tertiary/aromatic N) is 5. The number of thioether (sulfide) groups is 1. The summed E-state index contributed by atoms with van der Waals surface area (Å²) >= 11 is 2.08. The molecule has 2 fully saturated rings. The van der Waals surface area contributed by atoms with Crippen molar-refractivity contribution in [1.82, 2.24) is 30.3 Å². The van der Waals surface area contributed by atoms with Gasteiger partial charge in [-0.25, -0.2) is 4.99 Å². The maximum atomic E-state index is 5.43. The van der Waals surface area contributed by atoms with Crippen molar-refractivity contribution in [2.45, 2.75) is 50.9 Å². The molecule has 1 aliphatic carbocycles. The molecule has 0 amide bonds. The van der Waals surface area contributed by atoms with E-state index in [1.54, 1.807) is 0 Å². The number of aryl methyl sites for hydroxylation is 1. The zero-order valence-corrected chi connectivity index (χ0v) is 21.0. The first kappa shape index (κ1) is 24.7. The molecule has 1 aromatic heterocycles. The number of halogens is 1. The van der Waals surface area contributed by atoms with Crippen LogP contribution >= 0.6 is 35.7 Å². The highest BCUT2D eigenvalue weighted by atomic mass is 127. The first-order valence-corrected chi connectivity index (χ1v) is 11.5. The van der Waals surface area contributed by atoms with Crippen LogP contribution in [0.4, 0.5) is 0 Å². The number of aromatic nitrogens is 3. The maximum absolute atomic E-state index is 5.43. The largest absolute Gasteiger partial charge is 0.379 e. The summed E-state index contributed by atoms with van der Waals surface area (Å²) in [5, 5.41) is 16.3. The van der Waals surface area contributed by atoms with Crippen LogP contribution in [-0.4, -0.2) is 82.1 Å². The van der Waals surface area contributed by atoms with E-state index in [0.717, 1.165) is 62.3 Å². The Labute approximate surface area is 196 Å². The Kier molecular flexibility index (Phi) is 11.0. The highest BCUT2D eigenvalue weighted by Crippen LogP contribution is 2.29. The average molecular weight is 538 g/mol. The third-order valence-corrected chi connectivity index (χ3v) is 6.75. The van der Waals surface area contributed by atoms with Crippen molar-refractivity contribution in [2.75, 3.05) is 45.1 Å². The highest BCUT2D eigenvalue weighted by molar-refractivity contribution is 14.0. The molecule has 1 saturated heterocycles. The minimum atomic E-state index is 0. The molecular formula is C19H36IN7OS. The van der Waals surface area contributed by atoms with E-state index in [0.29, 0.717) is 12.6 Å². The lowest BCUT2D eigenvalue weighted by Crippen LogP contribution is -2.46. The van der Waals surface area contributed by atoms with Crippen LogP contribution in [0, 0.1) is 6.92 Å². The van der Waals surface area contributed by atoms with Crippen LogP contribution < -0.4 is 10.6 Å². The van der Waals surface area contributed by atoms with Crippen molar-refractivity contribution in [2.24, 2.45) is 12.0 Å². The molecule has 0 radical (unpaired) electrons. The fourth-order valence-corrected chi connectivity index (χ4v) is 4.84. The number of aliphatic imine (C=N–C) groups is 1. The first-order valence-electron chi connectivity index (χ1n) is 10.5. The van der Waals surface area contributed by atoms with E-state index in [1.807, 2.05) is 18.5 Å². The molecule has 2 aliphatic rings. The van der Waals surface area contributed by atoms with Crippen LogP contribution in [0.5, 0.6) is 0 Å². The van der Waals surface area contributed by atoms with Gasteiger partial charge in [-0.2, -0.15) is 11.8 Å². The third kappa shape index (κ3) is 7.87. The second kappa shape index (κ2) is 13.0. The SMILES string of the molecule is CCSC1CCC(NC(=NCc2nnc(C)n2C)NCCN2CCOCC2)C1.I. The summed E-state index contributed by atoms with van der Waals surface area (Å²) in [6, 6.07) is 0.500. The molecule has 0 bridgehead atoms. The van der Waals surface area contributed by atoms with Crippen molar-refractivity contribution >= 4 is 41.7 Å². The van der Waals surface area contributed by atoms with E-state index in [2.05, 4.69) is 44.4 Å². The molecule has 10 heteroatoms. The molecule has 8 nitrogen and oxygen atoms in total. The van der Waals surface area contributed by atoms with Gasteiger partial charge >= 0.3 is 0 Å². The number of morpholine rings is 1. The van der Waals surface area contributed by atoms with Gasteiger partial charge in [0.25, 0.3) is 0 Å². The van der Waals surface area contributed by atoms with Crippen LogP contribution in [0.2, 0.25) is 0 Å². The molecule has 1 aliphatic heterocycles. The summed E-state index contributed by atoms with van der Waals surface area (Å²) in [7, 11) is 1.99. The minimum Gasteiger partial charge on any atom is -0.379 e. The molecule has 2 atom stereocenters. The molecule has 2 unspecified atom stereocenters. The molecule has 2 N–H and O–H groups in total. The summed E-state index contributed by atoms with van der Waals surface area (Å²) in [6.07, 6.45) is 3.72. The molecule has 166 valence electrons. The summed E-state index contributed by atoms with van der Waals surface area (Å²) in [6.45, 7) is 10.3. The normalized spacial score (nSPS) is 23.1. The number of guanidine groups is 1. The van der Waals surface area contributed by atoms with E-state index < -0.39 is 0 Å². The highest BCUT2D eigenvalue weighted by Gasteiger charge is 2.25. The Hall–Kier alpha value is -0.590. The lowest BCUT2D eigenvalue weighted by Gasteiger charge is -2.27. The van der Waals surface area contributed by atoms with Crippen molar-refractivity contribution in [3.05, 3.63) is 11.6 Å². The van der Waals surface area contributed by atoms with E-state index in [1.165, 1.54) is 25.0 Å². The number of ether oxygens (including phenoxy) is 1. The quantitative estimate of drug-likeness (QED) is 0.298. The number of hydrogen-bond acceptors (Lipinski definition) is 6. The van der Waals surface area contributed by atoms with Gasteiger partial charge in [0.15, 0.2) is 11.8 Å². The molecule has 1 saturated carbocycles. The molecule has 0 aromatic carbocycles. The van der Waals surface area contributed by atoms with Crippen molar-refractivity contribution in [1.29, 1.82) is 0 Å². The van der Waals surface area contributed by atoms with Crippen molar-refractivity contribution in [3.8, 4) is 0 Å². The van der Waals surface area contributed by atoms with Crippen LogP contribution in [0.1, 0.15) is 37.8 Å². The predicted octanol–water partition coefficient (Wildman–Crippen LogP) is 1.78. The topological polar surface area (TPSA) is 79.6 Å². The fraction of sp³-hybridized carbons (Fsp3) is 0.842. The minimum absolute atomic E-state index is 0. The van der Waals surface area contributed by atoms with Crippen LogP contribution in [0.15, 0.2) is 4.99 Å². The van der Waals surface area contributed by atoms with E-state index in [4.69, 9.17) is 9.73 Å². The molecule has 2 heterocycles. The summed E-state index contributed by atoms with van der Waals surface area (Å²) < 4.78 is 7.43. The summed E-state index contributed by atoms with van der Waals surface area (Å²) in [4.78, 5) is 7.24. The van der Waals surface area contributed by atoms with Crippen molar-refractivity contribution < 1.29 is 4.74 Å². The lowest BCUT2D eigenvalue weighted by molar-refractivity contribution is 0.0389. The van der Waals surface area contributed by atoms with Gasteiger partial charge in [-0.1, -0.05) is 6.92 Å². The Morgan fingerprint density at radius 3 is 2.76 bits per heavy atom. The molecule has 29 heavy (non-hydrogen) atoms. The third-order valence-electron chi connectivity index (χ3n) is 5.51.